The average Bonchev–Trinajstić information content (AvgIpc) is 2.34. The normalized spacial score (nSPS) is 12.2. The average molecular weight is 315 g/mol. The molecule has 0 radical (unpaired) electrons. The van der Waals surface area contributed by atoms with Crippen molar-refractivity contribution in [1.29, 1.82) is 0 Å². The monoisotopic (exact) mass is 315 g/mol. The second kappa shape index (κ2) is 7.13. The van der Waals surface area contributed by atoms with E-state index in [1.807, 2.05) is 12.1 Å². The van der Waals surface area contributed by atoms with Crippen molar-refractivity contribution in [1.82, 2.24) is 5.32 Å². The van der Waals surface area contributed by atoms with Crippen molar-refractivity contribution in [2.24, 2.45) is 0 Å². The summed E-state index contributed by atoms with van der Waals surface area (Å²) in [6, 6.07) is 5.63. The fourth-order valence-corrected chi connectivity index (χ4v) is 2.07. The van der Waals surface area contributed by atoms with Crippen LogP contribution in [0.1, 0.15) is 26.3 Å². The molecule has 1 aromatic carbocycles. The summed E-state index contributed by atoms with van der Waals surface area (Å²) in [6.45, 7) is 6.97. The minimum Gasteiger partial charge on any atom is -0.493 e. The standard InChI is InChI=1S/C15H25NO4S/c1-15(2,3)16-11-12-7-6-8-13(19-4)14(12)20-9-10-21(5,17)18/h6-8,16H,9-11H2,1-5H3. The van der Waals surface area contributed by atoms with E-state index in [0.717, 1.165) is 5.56 Å². The molecule has 1 N–H and O–H groups in total. The summed E-state index contributed by atoms with van der Waals surface area (Å²) < 4.78 is 33.3. The Kier molecular flexibility index (Phi) is 6.04. The van der Waals surface area contributed by atoms with Gasteiger partial charge in [-0.2, -0.15) is 0 Å². The van der Waals surface area contributed by atoms with Gasteiger partial charge in [0.2, 0.25) is 0 Å². The summed E-state index contributed by atoms with van der Waals surface area (Å²) in [7, 11) is -1.47. The van der Waals surface area contributed by atoms with Crippen LogP contribution in [0.2, 0.25) is 0 Å². The van der Waals surface area contributed by atoms with Gasteiger partial charge in [-0.15, -0.1) is 0 Å². The van der Waals surface area contributed by atoms with Crippen molar-refractivity contribution in [3.63, 3.8) is 0 Å². The molecule has 120 valence electrons. The van der Waals surface area contributed by atoms with Crippen molar-refractivity contribution in [3.05, 3.63) is 23.8 Å². The molecule has 0 aromatic heterocycles. The van der Waals surface area contributed by atoms with Gasteiger partial charge < -0.3 is 14.8 Å². The Bertz CT molecular complexity index is 562. The van der Waals surface area contributed by atoms with Gasteiger partial charge in [-0.1, -0.05) is 12.1 Å². The third-order valence-electron chi connectivity index (χ3n) is 2.79. The maximum atomic E-state index is 11.2. The van der Waals surface area contributed by atoms with Gasteiger partial charge in [0.05, 0.1) is 12.9 Å². The van der Waals surface area contributed by atoms with Crippen LogP contribution in [-0.2, 0) is 16.4 Å². The van der Waals surface area contributed by atoms with E-state index in [-0.39, 0.29) is 17.9 Å². The summed E-state index contributed by atoms with van der Waals surface area (Å²) in [5.74, 6) is 1.19. The largest absolute Gasteiger partial charge is 0.493 e. The van der Waals surface area contributed by atoms with Gasteiger partial charge in [-0.25, -0.2) is 8.42 Å². The molecule has 21 heavy (non-hydrogen) atoms. The van der Waals surface area contributed by atoms with E-state index in [1.165, 1.54) is 6.26 Å². The molecule has 0 atom stereocenters. The Morgan fingerprint density at radius 2 is 1.90 bits per heavy atom. The first-order valence-corrected chi connectivity index (χ1v) is 8.90. The molecular weight excluding hydrogens is 290 g/mol. The van der Waals surface area contributed by atoms with E-state index in [2.05, 4.69) is 26.1 Å². The molecule has 0 aliphatic carbocycles. The third kappa shape index (κ3) is 6.82. The van der Waals surface area contributed by atoms with Crippen LogP contribution >= 0.6 is 0 Å². The number of sulfone groups is 1. The lowest BCUT2D eigenvalue weighted by Crippen LogP contribution is -2.35. The van der Waals surface area contributed by atoms with Crippen LogP contribution in [0, 0.1) is 0 Å². The number of para-hydroxylation sites is 1. The maximum absolute atomic E-state index is 11.2. The third-order valence-corrected chi connectivity index (χ3v) is 3.70. The van der Waals surface area contributed by atoms with Crippen molar-refractivity contribution < 1.29 is 17.9 Å². The number of ether oxygens (including phenoxy) is 2. The molecule has 0 saturated heterocycles. The number of hydrogen-bond donors (Lipinski definition) is 1. The molecule has 0 unspecified atom stereocenters. The predicted octanol–water partition coefficient (Wildman–Crippen LogP) is 2.01. The molecule has 1 aromatic rings. The lowest BCUT2D eigenvalue weighted by Gasteiger charge is -2.22. The molecule has 0 spiro atoms. The summed E-state index contributed by atoms with van der Waals surface area (Å²) in [6.07, 6.45) is 1.20. The van der Waals surface area contributed by atoms with Crippen LogP contribution in [0.3, 0.4) is 0 Å². The molecule has 6 heteroatoms. The zero-order valence-electron chi connectivity index (χ0n) is 13.4. The minimum atomic E-state index is -3.04. The van der Waals surface area contributed by atoms with Gasteiger partial charge in [0.15, 0.2) is 21.3 Å². The van der Waals surface area contributed by atoms with E-state index in [9.17, 15) is 8.42 Å². The summed E-state index contributed by atoms with van der Waals surface area (Å²) in [5.41, 5.74) is 0.922. The molecule has 0 aliphatic rings. The Labute approximate surface area is 127 Å². The smallest absolute Gasteiger partial charge is 0.165 e. The zero-order valence-corrected chi connectivity index (χ0v) is 14.2. The van der Waals surface area contributed by atoms with E-state index in [0.29, 0.717) is 18.0 Å². The van der Waals surface area contributed by atoms with Gasteiger partial charge in [0, 0.05) is 23.9 Å². The van der Waals surface area contributed by atoms with Gasteiger partial charge in [0.25, 0.3) is 0 Å². The first kappa shape index (κ1) is 17.8. The molecule has 5 nitrogen and oxygen atoms in total. The molecule has 0 amide bonds. The highest BCUT2D eigenvalue weighted by atomic mass is 32.2. The summed E-state index contributed by atoms with van der Waals surface area (Å²) in [4.78, 5) is 0. The van der Waals surface area contributed by atoms with Crippen molar-refractivity contribution in [2.45, 2.75) is 32.9 Å². The predicted molar refractivity (Wildman–Crippen MR) is 84.8 cm³/mol. The number of hydrogen-bond acceptors (Lipinski definition) is 5. The zero-order chi connectivity index (χ0) is 16.1. The second-order valence-corrected chi connectivity index (χ2v) is 8.29. The van der Waals surface area contributed by atoms with Crippen LogP contribution in [0.25, 0.3) is 0 Å². The number of nitrogens with one attached hydrogen (secondary N) is 1. The van der Waals surface area contributed by atoms with Crippen molar-refractivity contribution in [2.75, 3.05) is 25.7 Å². The molecule has 1 rings (SSSR count). The molecule has 0 heterocycles. The SMILES string of the molecule is COc1cccc(CNC(C)(C)C)c1OCCS(C)(=O)=O. The van der Waals surface area contributed by atoms with Gasteiger partial charge in [0.1, 0.15) is 6.61 Å². The maximum Gasteiger partial charge on any atom is 0.165 e. The molecule has 0 bridgehead atoms. The highest BCUT2D eigenvalue weighted by Crippen LogP contribution is 2.31. The van der Waals surface area contributed by atoms with Gasteiger partial charge >= 0.3 is 0 Å². The highest BCUT2D eigenvalue weighted by molar-refractivity contribution is 7.90. The first-order valence-electron chi connectivity index (χ1n) is 6.84. The van der Waals surface area contributed by atoms with E-state index in [4.69, 9.17) is 9.47 Å². The second-order valence-electron chi connectivity index (χ2n) is 6.03. The highest BCUT2D eigenvalue weighted by Gasteiger charge is 2.15. The Morgan fingerprint density at radius 1 is 1.24 bits per heavy atom. The van der Waals surface area contributed by atoms with Crippen molar-refractivity contribution in [3.8, 4) is 11.5 Å². The topological polar surface area (TPSA) is 64.6 Å². The van der Waals surface area contributed by atoms with E-state index in [1.54, 1.807) is 13.2 Å². The van der Waals surface area contributed by atoms with Crippen LogP contribution in [0.5, 0.6) is 11.5 Å². The van der Waals surface area contributed by atoms with Crippen LogP contribution in [-0.4, -0.2) is 39.7 Å². The van der Waals surface area contributed by atoms with Crippen LogP contribution in [0.15, 0.2) is 18.2 Å². The fraction of sp³-hybridized carbons (Fsp3) is 0.600. The molecule has 0 fully saturated rings. The van der Waals surface area contributed by atoms with Crippen LogP contribution in [0.4, 0.5) is 0 Å². The molecule has 0 aliphatic heterocycles. The van der Waals surface area contributed by atoms with Crippen LogP contribution < -0.4 is 14.8 Å². The Hall–Kier alpha value is -1.27. The number of methoxy groups -OCH3 is 1. The van der Waals surface area contributed by atoms with E-state index >= 15 is 0 Å². The molecule has 0 saturated carbocycles. The molecular formula is C15H25NO4S. The minimum absolute atomic E-state index is 0.0167. The lowest BCUT2D eigenvalue weighted by molar-refractivity contribution is 0.305. The number of rotatable bonds is 7. The lowest BCUT2D eigenvalue weighted by atomic mass is 10.1. The Morgan fingerprint density at radius 3 is 2.43 bits per heavy atom. The Balaban J connectivity index is 2.87. The van der Waals surface area contributed by atoms with Gasteiger partial charge in [-0.05, 0) is 26.8 Å². The fourth-order valence-electron chi connectivity index (χ4n) is 1.68. The number of benzene rings is 1. The summed E-state index contributed by atoms with van der Waals surface area (Å²) >= 11 is 0. The van der Waals surface area contributed by atoms with Gasteiger partial charge in [-0.3, -0.25) is 0 Å². The summed E-state index contributed by atoms with van der Waals surface area (Å²) in [5, 5.41) is 3.38. The van der Waals surface area contributed by atoms with E-state index < -0.39 is 9.84 Å². The van der Waals surface area contributed by atoms with Crippen molar-refractivity contribution >= 4 is 9.84 Å². The quantitative estimate of drug-likeness (QED) is 0.834. The first-order chi connectivity index (χ1) is 9.62.